The minimum absolute atomic E-state index is 0.106. The van der Waals surface area contributed by atoms with Crippen LogP contribution >= 0.6 is 0 Å². The molecule has 0 heterocycles. The van der Waals surface area contributed by atoms with E-state index in [0.29, 0.717) is 18.9 Å². The fourth-order valence-electron chi connectivity index (χ4n) is 1.59. The number of carbonyl (C=O) groups is 2. The highest BCUT2D eigenvalue weighted by molar-refractivity contribution is 5.97. The second-order valence-corrected chi connectivity index (χ2v) is 4.23. The Morgan fingerprint density at radius 2 is 1.95 bits per heavy atom. The third-order valence-electron chi connectivity index (χ3n) is 2.71. The fraction of sp³-hybridized carbons (Fsp3) is 0.429. The minimum Gasteiger partial charge on any atom is -0.507 e. The van der Waals surface area contributed by atoms with Gasteiger partial charge in [-0.2, -0.15) is 0 Å². The number of amides is 2. The average Bonchev–Trinajstić information content (AvgIpc) is 2.48. The summed E-state index contributed by atoms with van der Waals surface area (Å²) in [7, 11) is 3.02. The maximum Gasteiger partial charge on any atom is 0.255 e. The SMILES string of the molecule is COCCNC(=O)CCNC(=O)c1cc(OC)ccc1O. The Hall–Kier alpha value is -2.28. The van der Waals surface area contributed by atoms with Crippen molar-refractivity contribution in [3.63, 3.8) is 0 Å². The molecule has 116 valence electrons. The zero-order valence-electron chi connectivity index (χ0n) is 12.1. The number of carbonyl (C=O) groups excluding carboxylic acids is 2. The van der Waals surface area contributed by atoms with Crippen LogP contribution in [0.5, 0.6) is 11.5 Å². The number of aromatic hydroxyl groups is 1. The second kappa shape index (κ2) is 8.80. The van der Waals surface area contributed by atoms with Crippen molar-refractivity contribution in [3.8, 4) is 11.5 Å². The Kier molecular flexibility index (Phi) is 7.03. The first kappa shape index (κ1) is 16.8. The number of benzene rings is 1. The molecule has 0 fully saturated rings. The standard InChI is InChI=1S/C14H20N2O5/c1-20-8-7-15-13(18)5-6-16-14(19)11-9-10(21-2)3-4-12(11)17/h3-4,9,17H,5-8H2,1-2H3,(H,15,18)(H,16,19). The number of phenols is 1. The number of phenolic OH excluding ortho intramolecular Hbond substituents is 1. The van der Waals surface area contributed by atoms with E-state index in [9.17, 15) is 14.7 Å². The summed E-state index contributed by atoms with van der Waals surface area (Å²) in [5.41, 5.74) is 0.106. The number of hydrogen-bond acceptors (Lipinski definition) is 5. The molecule has 0 saturated heterocycles. The van der Waals surface area contributed by atoms with Gasteiger partial charge in [0, 0.05) is 26.6 Å². The van der Waals surface area contributed by atoms with E-state index < -0.39 is 5.91 Å². The molecule has 0 unspecified atom stereocenters. The van der Waals surface area contributed by atoms with Gasteiger partial charge in [0.2, 0.25) is 5.91 Å². The Bertz CT molecular complexity index is 490. The van der Waals surface area contributed by atoms with E-state index in [1.165, 1.54) is 19.2 Å². The summed E-state index contributed by atoms with van der Waals surface area (Å²) in [5, 5.41) is 14.9. The van der Waals surface area contributed by atoms with Crippen LogP contribution in [0.2, 0.25) is 0 Å². The summed E-state index contributed by atoms with van der Waals surface area (Å²) in [4.78, 5) is 23.3. The predicted molar refractivity (Wildman–Crippen MR) is 76.5 cm³/mol. The van der Waals surface area contributed by atoms with Gasteiger partial charge in [-0.1, -0.05) is 0 Å². The van der Waals surface area contributed by atoms with Gasteiger partial charge < -0.3 is 25.2 Å². The number of nitrogens with one attached hydrogen (secondary N) is 2. The molecule has 0 aromatic heterocycles. The van der Waals surface area contributed by atoms with Gasteiger partial charge in [0.05, 0.1) is 19.3 Å². The lowest BCUT2D eigenvalue weighted by Gasteiger charge is -2.09. The van der Waals surface area contributed by atoms with E-state index >= 15 is 0 Å². The van der Waals surface area contributed by atoms with Crippen molar-refractivity contribution in [1.29, 1.82) is 0 Å². The van der Waals surface area contributed by atoms with E-state index in [-0.39, 0.29) is 30.2 Å². The monoisotopic (exact) mass is 296 g/mol. The topological polar surface area (TPSA) is 96.9 Å². The van der Waals surface area contributed by atoms with Crippen LogP contribution in [0, 0.1) is 0 Å². The highest BCUT2D eigenvalue weighted by Gasteiger charge is 2.12. The molecule has 0 aliphatic rings. The molecule has 7 nitrogen and oxygen atoms in total. The van der Waals surface area contributed by atoms with Gasteiger partial charge in [-0.05, 0) is 18.2 Å². The molecule has 1 aromatic carbocycles. The Morgan fingerprint density at radius 1 is 1.19 bits per heavy atom. The van der Waals surface area contributed by atoms with Crippen LogP contribution in [0.3, 0.4) is 0 Å². The van der Waals surface area contributed by atoms with Crippen molar-refractivity contribution in [1.82, 2.24) is 10.6 Å². The van der Waals surface area contributed by atoms with Gasteiger partial charge >= 0.3 is 0 Å². The molecule has 0 aliphatic carbocycles. The van der Waals surface area contributed by atoms with Crippen molar-refractivity contribution in [3.05, 3.63) is 23.8 Å². The molecule has 0 aliphatic heterocycles. The Balaban J connectivity index is 2.42. The molecule has 1 aromatic rings. The Morgan fingerprint density at radius 3 is 2.62 bits per heavy atom. The van der Waals surface area contributed by atoms with Crippen molar-refractivity contribution >= 4 is 11.8 Å². The molecule has 1 rings (SSSR count). The summed E-state index contributed by atoms with van der Waals surface area (Å²) in [5.74, 6) is -0.314. The van der Waals surface area contributed by atoms with Crippen molar-refractivity contribution < 1.29 is 24.2 Å². The quantitative estimate of drug-likeness (QED) is 0.599. The normalized spacial score (nSPS) is 10.0. The Labute approximate surface area is 123 Å². The van der Waals surface area contributed by atoms with Crippen molar-refractivity contribution in [2.75, 3.05) is 33.9 Å². The molecule has 0 atom stereocenters. The van der Waals surface area contributed by atoms with E-state index in [1.807, 2.05) is 0 Å². The van der Waals surface area contributed by atoms with Gasteiger partial charge in [0.15, 0.2) is 0 Å². The molecule has 0 spiro atoms. The summed E-state index contributed by atoms with van der Waals surface area (Å²) in [6.07, 6.45) is 0.153. The van der Waals surface area contributed by atoms with Crippen LogP contribution in [0.25, 0.3) is 0 Å². The smallest absolute Gasteiger partial charge is 0.255 e. The molecular weight excluding hydrogens is 276 g/mol. The summed E-state index contributed by atoms with van der Waals surface area (Å²) >= 11 is 0. The zero-order valence-corrected chi connectivity index (χ0v) is 12.1. The van der Waals surface area contributed by atoms with Crippen LogP contribution in [-0.4, -0.2) is 50.8 Å². The maximum atomic E-state index is 11.9. The third-order valence-corrected chi connectivity index (χ3v) is 2.71. The van der Waals surface area contributed by atoms with E-state index in [1.54, 1.807) is 13.2 Å². The summed E-state index contributed by atoms with van der Waals surface area (Å²) in [6.45, 7) is 1.05. The highest BCUT2D eigenvalue weighted by Crippen LogP contribution is 2.22. The largest absolute Gasteiger partial charge is 0.507 e. The van der Waals surface area contributed by atoms with Crippen LogP contribution in [0.4, 0.5) is 0 Å². The number of hydrogen-bond donors (Lipinski definition) is 3. The van der Waals surface area contributed by atoms with Gasteiger partial charge in [-0.15, -0.1) is 0 Å². The summed E-state index contributed by atoms with van der Waals surface area (Å²) in [6, 6.07) is 4.36. The van der Waals surface area contributed by atoms with Crippen molar-refractivity contribution in [2.24, 2.45) is 0 Å². The lowest BCUT2D eigenvalue weighted by molar-refractivity contribution is -0.121. The molecule has 0 bridgehead atoms. The molecule has 0 saturated carbocycles. The molecule has 7 heteroatoms. The van der Waals surface area contributed by atoms with E-state index in [2.05, 4.69) is 10.6 Å². The first-order valence-corrected chi connectivity index (χ1v) is 6.49. The molecular formula is C14H20N2O5. The van der Waals surface area contributed by atoms with E-state index in [0.717, 1.165) is 0 Å². The lowest BCUT2D eigenvalue weighted by atomic mass is 10.1. The highest BCUT2D eigenvalue weighted by atomic mass is 16.5. The van der Waals surface area contributed by atoms with Gasteiger partial charge in [-0.25, -0.2) is 0 Å². The summed E-state index contributed by atoms with van der Waals surface area (Å²) < 4.78 is 9.79. The van der Waals surface area contributed by atoms with E-state index in [4.69, 9.17) is 9.47 Å². The van der Waals surface area contributed by atoms with Crippen LogP contribution in [0.15, 0.2) is 18.2 Å². The van der Waals surface area contributed by atoms with Crippen molar-refractivity contribution in [2.45, 2.75) is 6.42 Å². The molecule has 2 amide bonds. The van der Waals surface area contributed by atoms with Crippen LogP contribution in [-0.2, 0) is 9.53 Å². The number of methoxy groups -OCH3 is 2. The predicted octanol–water partition coefficient (Wildman–Crippen LogP) is 0.283. The first-order valence-electron chi connectivity index (χ1n) is 6.49. The third kappa shape index (κ3) is 5.70. The van der Waals surface area contributed by atoms with Gasteiger partial charge in [0.25, 0.3) is 5.91 Å². The molecule has 3 N–H and O–H groups in total. The zero-order chi connectivity index (χ0) is 15.7. The second-order valence-electron chi connectivity index (χ2n) is 4.23. The number of rotatable bonds is 8. The fourth-order valence-corrected chi connectivity index (χ4v) is 1.59. The lowest BCUT2D eigenvalue weighted by Crippen LogP contribution is -2.32. The minimum atomic E-state index is -0.462. The first-order chi connectivity index (χ1) is 10.1. The maximum absolute atomic E-state index is 11.9. The van der Waals surface area contributed by atoms with Gasteiger partial charge in [0.1, 0.15) is 11.5 Å². The van der Waals surface area contributed by atoms with Crippen LogP contribution in [0.1, 0.15) is 16.8 Å². The van der Waals surface area contributed by atoms with Crippen LogP contribution < -0.4 is 15.4 Å². The average molecular weight is 296 g/mol. The van der Waals surface area contributed by atoms with Gasteiger partial charge in [-0.3, -0.25) is 9.59 Å². The molecule has 0 radical (unpaired) electrons. The number of ether oxygens (including phenoxy) is 2. The molecule has 21 heavy (non-hydrogen) atoms.